The third-order valence-corrected chi connectivity index (χ3v) is 4.27. The van der Waals surface area contributed by atoms with Crippen LogP contribution in [0.5, 0.6) is 5.75 Å². The van der Waals surface area contributed by atoms with Crippen LogP contribution in [0.1, 0.15) is 23.2 Å². The van der Waals surface area contributed by atoms with Gasteiger partial charge in [0.1, 0.15) is 5.75 Å². The lowest BCUT2D eigenvalue weighted by atomic mass is 9.98. The molecule has 18 heavy (non-hydrogen) atoms. The molecule has 1 fully saturated rings. The molecule has 0 spiro atoms. The van der Waals surface area contributed by atoms with Crippen molar-refractivity contribution in [3.63, 3.8) is 0 Å². The van der Waals surface area contributed by atoms with Crippen LogP contribution in [-0.4, -0.2) is 41.3 Å². The summed E-state index contributed by atoms with van der Waals surface area (Å²) >= 11 is 3.50. The predicted octanol–water partition coefficient (Wildman–Crippen LogP) is 2.34. The number of nitrogens with zero attached hydrogens (tertiary/aromatic N) is 2. The van der Waals surface area contributed by atoms with Crippen LogP contribution in [0.4, 0.5) is 0 Å². The SMILES string of the molecule is COc1cnccc1C(=O)N1CCC(CBr)CC1. The highest BCUT2D eigenvalue weighted by atomic mass is 79.9. The minimum absolute atomic E-state index is 0.0438. The van der Waals surface area contributed by atoms with Crippen LogP contribution in [0, 0.1) is 5.92 Å². The van der Waals surface area contributed by atoms with Gasteiger partial charge in [-0.2, -0.15) is 0 Å². The van der Waals surface area contributed by atoms with Gasteiger partial charge in [0.2, 0.25) is 0 Å². The van der Waals surface area contributed by atoms with Crippen molar-refractivity contribution >= 4 is 21.8 Å². The van der Waals surface area contributed by atoms with Crippen LogP contribution in [-0.2, 0) is 0 Å². The quantitative estimate of drug-likeness (QED) is 0.805. The number of alkyl halides is 1. The van der Waals surface area contributed by atoms with Gasteiger partial charge in [0.05, 0.1) is 18.9 Å². The Kier molecular flexibility index (Phi) is 4.58. The number of piperidine rings is 1. The molecule has 5 heteroatoms. The first kappa shape index (κ1) is 13.3. The summed E-state index contributed by atoms with van der Waals surface area (Å²) in [5.74, 6) is 1.28. The first-order valence-corrected chi connectivity index (χ1v) is 7.21. The molecule has 0 aliphatic carbocycles. The maximum atomic E-state index is 12.4. The molecule has 1 saturated heterocycles. The van der Waals surface area contributed by atoms with Crippen LogP contribution in [0.15, 0.2) is 18.5 Å². The Morgan fingerprint density at radius 1 is 1.56 bits per heavy atom. The summed E-state index contributed by atoms with van der Waals surface area (Å²) in [5, 5.41) is 1.02. The Balaban J connectivity index is 2.08. The standard InChI is InChI=1S/C13H17BrN2O2/c1-18-12-9-15-5-2-11(12)13(17)16-6-3-10(8-14)4-7-16/h2,5,9-10H,3-4,6-8H2,1H3. The molecular weight excluding hydrogens is 296 g/mol. The van der Waals surface area contributed by atoms with Crippen molar-refractivity contribution in [1.82, 2.24) is 9.88 Å². The van der Waals surface area contributed by atoms with Crippen LogP contribution >= 0.6 is 15.9 Å². The van der Waals surface area contributed by atoms with Crippen LogP contribution < -0.4 is 4.74 Å². The molecule has 0 unspecified atom stereocenters. The molecule has 1 aromatic heterocycles. The average Bonchev–Trinajstić information content (AvgIpc) is 2.46. The number of carbonyl (C=O) groups excluding carboxylic acids is 1. The zero-order valence-corrected chi connectivity index (χ0v) is 12.0. The zero-order valence-electron chi connectivity index (χ0n) is 10.4. The number of rotatable bonds is 3. The second kappa shape index (κ2) is 6.18. The van der Waals surface area contributed by atoms with E-state index in [1.807, 2.05) is 4.90 Å². The number of hydrogen-bond donors (Lipinski definition) is 0. The highest BCUT2D eigenvalue weighted by molar-refractivity contribution is 9.09. The Hall–Kier alpha value is -1.10. The average molecular weight is 313 g/mol. The van der Waals surface area contributed by atoms with Crippen LogP contribution in [0.2, 0.25) is 0 Å². The van der Waals surface area contributed by atoms with E-state index in [0.717, 1.165) is 31.3 Å². The molecule has 0 radical (unpaired) electrons. The van der Waals surface area contributed by atoms with E-state index in [1.54, 1.807) is 25.6 Å². The molecule has 0 N–H and O–H groups in total. The van der Waals surface area contributed by atoms with E-state index in [9.17, 15) is 4.79 Å². The summed E-state index contributed by atoms with van der Waals surface area (Å²) in [6.45, 7) is 1.64. The summed E-state index contributed by atoms with van der Waals surface area (Å²) in [5.41, 5.74) is 0.602. The number of hydrogen-bond acceptors (Lipinski definition) is 3. The number of halogens is 1. The molecule has 0 atom stereocenters. The fourth-order valence-electron chi connectivity index (χ4n) is 2.18. The van der Waals surface area contributed by atoms with Crippen molar-refractivity contribution < 1.29 is 9.53 Å². The minimum atomic E-state index is 0.0438. The van der Waals surface area contributed by atoms with Gasteiger partial charge in [-0.15, -0.1) is 0 Å². The van der Waals surface area contributed by atoms with Gasteiger partial charge in [-0.05, 0) is 24.8 Å². The zero-order chi connectivity index (χ0) is 13.0. The van der Waals surface area contributed by atoms with Crippen molar-refractivity contribution in [3.8, 4) is 5.75 Å². The van der Waals surface area contributed by atoms with E-state index in [1.165, 1.54) is 0 Å². The van der Waals surface area contributed by atoms with Gasteiger partial charge >= 0.3 is 0 Å². The summed E-state index contributed by atoms with van der Waals surface area (Å²) in [6.07, 6.45) is 5.33. The fourth-order valence-corrected chi connectivity index (χ4v) is 2.83. The molecule has 0 saturated carbocycles. The fraction of sp³-hybridized carbons (Fsp3) is 0.538. The molecule has 98 valence electrons. The lowest BCUT2D eigenvalue weighted by molar-refractivity contribution is 0.0695. The number of pyridine rings is 1. The molecule has 1 aliphatic heterocycles. The first-order chi connectivity index (χ1) is 8.76. The normalized spacial score (nSPS) is 16.7. The van der Waals surface area contributed by atoms with Crippen molar-refractivity contribution in [2.45, 2.75) is 12.8 Å². The molecule has 1 amide bonds. The van der Waals surface area contributed by atoms with Gasteiger partial charge in [-0.25, -0.2) is 0 Å². The monoisotopic (exact) mass is 312 g/mol. The highest BCUT2D eigenvalue weighted by Gasteiger charge is 2.24. The smallest absolute Gasteiger partial charge is 0.257 e. The van der Waals surface area contributed by atoms with Crippen molar-refractivity contribution in [2.75, 3.05) is 25.5 Å². The largest absolute Gasteiger partial charge is 0.494 e. The topological polar surface area (TPSA) is 42.4 Å². The van der Waals surface area contributed by atoms with E-state index in [0.29, 0.717) is 17.2 Å². The second-order valence-corrected chi connectivity index (χ2v) is 5.11. The van der Waals surface area contributed by atoms with Gasteiger partial charge < -0.3 is 9.64 Å². The summed E-state index contributed by atoms with van der Waals surface area (Å²) in [7, 11) is 1.56. The Bertz CT molecular complexity index is 417. The van der Waals surface area contributed by atoms with Gasteiger partial charge in [-0.3, -0.25) is 9.78 Å². The minimum Gasteiger partial charge on any atom is -0.494 e. The van der Waals surface area contributed by atoms with E-state index in [4.69, 9.17) is 4.74 Å². The number of methoxy groups -OCH3 is 1. The maximum Gasteiger partial charge on any atom is 0.257 e. The second-order valence-electron chi connectivity index (χ2n) is 4.47. The number of likely N-dealkylation sites (tertiary alicyclic amines) is 1. The van der Waals surface area contributed by atoms with Crippen LogP contribution in [0.3, 0.4) is 0 Å². The third-order valence-electron chi connectivity index (χ3n) is 3.35. The number of aromatic nitrogens is 1. The van der Waals surface area contributed by atoms with E-state index in [-0.39, 0.29) is 5.91 Å². The number of ether oxygens (including phenoxy) is 1. The first-order valence-electron chi connectivity index (χ1n) is 6.09. The lowest BCUT2D eigenvalue weighted by Crippen LogP contribution is -2.38. The maximum absolute atomic E-state index is 12.4. The molecule has 4 nitrogen and oxygen atoms in total. The van der Waals surface area contributed by atoms with Crippen LogP contribution in [0.25, 0.3) is 0 Å². The molecular formula is C13H17BrN2O2. The molecule has 2 heterocycles. The molecule has 1 aromatic rings. The highest BCUT2D eigenvalue weighted by Crippen LogP contribution is 2.23. The molecule has 0 aromatic carbocycles. The van der Waals surface area contributed by atoms with E-state index >= 15 is 0 Å². The van der Waals surface area contributed by atoms with Gasteiger partial charge in [0.15, 0.2) is 0 Å². The number of carbonyl (C=O) groups is 1. The Morgan fingerprint density at radius 2 is 2.28 bits per heavy atom. The summed E-state index contributed by atoms with van der Waals surface area (Å²) in [4.78, 5) is 18.2. The third kappa shape index (κ3) is 2.83. The molecule has 0 bridgehead atoms. The Morgan fingerprint density at radius 3 is 2.89 bits per heavy atom. The summed E-state index contributed by atoms with van der Waals surface area (Å²) in [6, 6.07) is 1.72. The number of amides is 1. The van der Waals surface area contributed by atoms with Gasteiger partial charge in [0, 0.05) is 24.6 Å². The summed E-state index contributed by atoms with van der Waals surface area (Å²) < 4.78 is 5.18. The van der Waals surface area contributed by atoms with E-state index in [2.05, 4.69) is 20.9 Å². The Labute approximate surface area is 115 Å². The van der Waals surface area contributed by atoms with Crippen molar-refractivity contribution in [3.05, 3.63) is 24.0 Å². The van der Waals surface area contributed by atoms with E-state index < -0.39 is 0 Å². The predicted molar refractivity (Wildman–Crippen MR) is 73.2 cm³/mol. The van der Waals surface area contributed by atoms with Gasteiger partial charge in [0.25, 0.3) is 5.91 Å². The van der Waals surface area contributed by atoms with Crippen molar-refractivity contribution in [2.24, 2.45) is 5.92 Å². The van der Waals surface area contributed by atoms with Crippen molar-refractivity contribution in [1.29, 1.82) is 0 Å². The van der Waals surface area contributed by atoms with Gasteiger partial charge in [-0.1, -0.05) is 15.9 Å². The molecule has 1 aliphatic rings. The molecule has 2 rings (SSSR count). The lowest BCUT2D eigenvalue weighted by Gasteiger charge is -2.31.